The first-order chi connectivity index (χ1) is 8.05. The molecule has 1 aromatic carbocycles. The van der Waals surface area contributed by atoms with Crippen LogP contribution in [0.5, 0.6) is 5.75 Å². The van der Waals surface area contributed by atoms with Gasteiger partial charge in [0.15, 0.2) is 0 Å². The highest BCUT2D eigenvalue weighted by molar-refractivity contribution is 5.48. The van der Waals surface area contributed by atoms with Crippen molar-refractivity contribution in [3.8, 4) is 5.75 Å². The summed E-state index contributed by atoms with van der Waals surface area (Å²) in [7, 11) is 0. The minimum Gasteiger partial charge on any atom is -0.487 e. The van der Waals surface area contributed by atoms with Crippen LogP contribution in [-0.4, -0.2) is 11.7 Å². The van der Waals surface area contributed by atoms with Gasteiger partial charge < -0.3 is 4.74 Å². The highest BCUT2D eigenvalue weighted by Gasteiger charge is 2.45. The van der Waals surface area contributed by atoms with Crippen molar-refractivity contribution in [3.05, 3.63) is 29.3 Å². The highest BCUT2D eigenvalue weighted by Crippen LogP contribution is 2.51. The molecule has 17 heavy (non-hydrogen) atoms. The Morgan fingerprint density at radius 3 is 2.76 bits per heavy atom. The molecule has 0 atom stereocenters. The second-order valence-electron chi connectivity index (χ2n) is 5.60. The molecule has 3 rings (SSSR count). The maximum absolute atomic E-state index is 10.4. The summed E-state index contributed by atoms with van der Waals surface area (Å²) in [6.07, 6.45) is 4.49. The van der Waals surface area contributed by atoms with Gasteiger partial charge in [0, 0.05) is 6.42 Å². The van der Waals surface area contributed by atoms with Crippen LogP contribution in [-0.2, 0) is 16.8 Å². The fourth-order valence-electron chi connectivity index (χ4n) is 2.55. The van der Waals surface area contributed by atoms with Crippen molar-refractivity contribution in [3.63, 3.8) is 0 Å². The predicted molar refractivity (Wildman–Crippen MR) is 63.9 cm³/mol. The summed E-state index contributed by atoms with van der Waals surface area (Å²) in [5, 5.41) is 0. The number of aliphatic imine (C=N–C) groups is 1. The Bertz CT molecular complexity index is 523. The van der Waals surface area contributed by atoms with Gasteiger partial charge in [-0.05, 0) is 43.9 Å². The third kappa shape index (κ3) is 1.67. The number of carbonyl (C=O) groups excluding carboxylic acids is 1. The van der Waals surface area contributed by atoms with Gasteiger partial charge in [0.2, 0.25) is 6.08 Å². The van der Waals surface area contributed by atoms with Crippen LogP contribution in [0.2, 0.25) is 0 Å². The summed E-state index contributed by atoms with van der Waals surface area (Å²) >= 11 is 0. The largest absolute Gasteiger partial charge is 0.487 e. The zero-order chi connectivity index (χ0) is 12.1. The second-order valence-corrected chi connectivity index (χ2v) is 5.60. The molecule has 0 radical (unpaired) electrons. The lowest BCUT2D eigenvalue weighted by atomic mass is 9.98. The summed E-state index contributed by atoms with van der Waals surface area (Å²) in [5.41, 5.74) is 1.90. The Hall–Kier alpha value is -1.60. The minimum absolute atomic E-state index is 0.119. The normalized spacial score (nSPS) is 22.2. The number of hydrogen-bond donors (Lipinski definition) is 0. The van der Waals surface area contributed by atoms with Crippen molar-refractivity contribution >= 4 is 6.08 Å². The van der Waals surface area contributed by atoms with E-state index < -0.39 is 0 Å². The van der Waals surface area contributed by atoms with Crippen LogP contribution in [0, 0.1) is 0 Å². The van der Waals surface area contributed by atoms with Crippen LogP contribution in [0.15, 0.2) is 23.2 Å². The SMILES string of the molecule is CC1(C)Cc2ccc(C3(N=C=O)CC3)cc2O1. The third-order valence-electron chi connectivity index (χ3n) is 3.59. The fraction of sp³-hybridized carbons (Fsp3) is 0.500. The Kier molecular flexibility index (Phi) is 1.99. The molecule has 1 saturated carbocycles. The van der Waals surface area contributed by atoms with Crippen molar-refractivity contribution in [1.82, 2.24) is 0 Å². The number of isocyanates is 1. The number of benzene rings is 1. The average Bonchev–Trinajstić information content (AvgIpc) is 2.94. The molecule has 1 aliphatic heterocycles. The number of fused-ring (bicyclic) bond motifs is 1. The van der Waals surface area contributed by atoms with Crippen LogP contribution < -0.4 is 4.74 Å². The first-order valence-corrected chi connectivity index (χ1v) is 5.96. The quantitative estimate of drug-likeness (QED) is 0.577. The van der Waals surface area contributed by atoms with E-state index >= 15 is 0 Å². The Morgan fingerprint density at radius 1 is 1.35 bits per heavy atom. The summed E-state index contributed by atoms with van der Waals surface area (Å²) in [5.74, 6) is 0.944. The van der Waals surface area contributed by atoms with Gasteiger partial charge in [-0.25, -0.2) is 4.79 Å². The lowest BCUT2D eigenvalue weighted by Gasteiger charge is -2.17. The van der Waals surface area contributed by atoms with Gasteiger partial charge in [-0.2, -0.15) is 4.99 Å². The average molecular weight is 229 g/mol. The molecular weight excluding hydrogens is 214 g/mol. The molecule has 1 fully saturated rings. The van der Waals surface area contributed by atoms with Crippen molar-refractivity contribution in [2.24, 2.45) is 4.99 Å². The van der Waals surface area contributed by atoms with Crippen molar-refractivity contribution in [2.75, 3.05) is 0 Å². The van der Waals surface area contributed by atoms with E-state index in [2.05, 4.69) is 31.0 Å². The van der Waals surface area contributed by atoms with E-state index in [9.17, 15) is 4.79 Å². The minimum atomic E-state index is -0.299. The van der Waals surface area contributed by atoms with E-state index in [1.165, 1.54) is 5.56 Å². The van der Waals surface area contributed by atoms with Gasteiger partial charge in [-0.15, -0.1) is 0 Å². The van der Waals surface area contributed by atoms with Crippen LogP contribution >= 0.6 is 0 Å². The zero-order valence-electron chi connectivity index (χ0n) is 10.1. The smallest absolute Gasteiger partial charge is 0.235 e. The maximum Gasteiger partial charge on any atom is 0.235 e. The molecule has 1 aromatic rings. The summed E-state index contributed by atoms with van der Waals surface area (Å²) in [4.78, 5) is 14.4. The molecule has 0 spiro atoms. The molecule has 0 unspecified atom stereocenters. The molecule has 2 aliphatic rings. The van der Waals surface area contributed by atoms with Crippen LogP contribution in [0.3, 0.4) is 0 Å². The zero-order valence-corrected chi connectivity index (χ0v) is 10.1. The van der Waals surface area contributed by atoms with E-state index in [4.69, 9.17) is 4.74 Å². The highest BCUT2D eigenvalue weighted by atomic mass is 16.5. The first-order valence-electron chi connectivity index (χ1n) is 5.96. The fourth-order valence-corrected chi connectivity index (χ4v) is 2.55. The summed E-state index contributed by atoms with van der Waals surface area (Å²) in [6, 6.07) is 6.20. The standard InChI is InChI=1S/C14H15NO2/c1-13(2)8-10-3-4-11(7-12(10)17-13)14(5-6-14)15-9-16/h3-4,7H,5-6,8H2,1-2H3. The number of hydrogen-bond acceptors (Lipinski definition) is 3. The lowest BCUT2D eigenvalue weighted by molar-refractivity contribution is 0.138. The van der Waals surface area contributed by atoms with Crippen molar-refractivity contribution in [2.45, 2.75) is 44.2 Å². The number of ether oxygens (including phenoxy) is 1. The van der Waals surface area contributed by atoms with E-state index in [1.807, 2.05) is 6.07 Å². The molecule has 1 aliphatic carbocycles. The first kappa shape index (κ1) is 10.5. The van der Waals surface area contributed by atoms with E-state index in [1.54, 1.807) is 6.08 Å². The molecule has 0 aromatic heterocycles. The van der Waals surface area contributed by atoms with Gasteiger partial charge >= 0.3 is 0 Å². The Labute approximate surface area is 101 Å². The summed E-state index contributed by atoms with van der Waals surface area (Å²) in [6.45, 7) is 4.17. The van der Waals surface area contributed by atoms with E-state index in [0.717, 1.165) is 30.6 Å². The van der Waals surface area contributed by atoms with Gasteiger partial charge in [-0.1, -0.05) is 12.1 Å². The molecule has 3 nitrogen and oxygen atoms in total. The van der Waals surface area contributed by atoms with Crippen molar-refractivity contribution < 1.29 is 9.53 Å². The molecule has 3 heteroatoms. The Balaban J connectivity index is 1.99. The number of nitrogens with zero attached hydrogens (tertiary/aromatic N) is 1. The van der Waals surface area contributed by atoms with Crippen LogP contribution in [0.4, 0.5) is 0 Å². The van der Waals surface area contributed by atoms with Gasteiger partial charge in [0.1, 0.15) is 11.4 Å². The molecule has 0 N–H and O–H groups in total. The molecule has 88 valence electrons. The Morgan fingerprint density at radius 2 is 2.12 bits per heavy atom. The van der Waals surface area contributed by atoms with E-state index in [-0.39, 0.29) is 11.1 Å². The van der Waals surface area contributed by atoms with Crippen molar-refractivity contribution in [1.29, 1.82) is 0 Å². The molecule has 0 saturated heterocycles. The van der Waals surface area contributed by atoms with Gasteiger partial charge in [0.25, 0.3) is 0 Å². The van der Waals surface area contributed by atoms with Gasteiger partial charge in [0.05, 0.1) is 5.54 Å². The second kappa shape index (κ2) is 3.21. The third-order valence-corrected chi connectivity index (χ3v) is 3.59. The molecule has 1 heterocycles. The molecule has 0 amide bonds. The van der Waals surface area contributed by atoms with Crippen LogP contribution in [0.25, 0.3) is 0 Å². The van der Waals surface area contributed by atoms with Crippen LogP contribution in [0.1, 0.15) is 37.8 Å². The maximum atomic E-state index is 10.4. The summed E-state index contributed by atoms with van der Waals surface area (Å²) < 4.78 is 5.90. The predicted octanol–water partition coefficient (Wildman–Crippen LogP) is 2.73. The topological polar surface area (TPSA) is 38.7 Å². The molecular formula is C14H15NO2. The molecule has 0 bridgehead atoms. The lowest BCUT2D eigenvalue weighted by Crippen LogP contribution is -2.24. The van der Waals surface area contributed by atoms with E-state index in [0.29, 0.717) is 0 Å². The monoisotopic (exact) mass is 229 g/mol. The number of rotatable bonds is 2. The van der Waals surface area contributed by atoms with Gasteiger partial charge in [-0.3, -0.25) is 0 Å².